The summed E-state index contributed by atoms with van der Waals surface area (Å²) in [7, 11) is 0. The fourth-order valence-corrected chi connectivity index (χ4v) is 2.94. The fourth-order valence-electron chi connectivity index (χ4n) is 2.94. The Balaban J connectivity index is 2.33. The molecule has 1 aliphatic heterocycles. The number of halogens is 2. The number of benzene rings is 1. The van der Waals surface area contributed by atoms with Crippen molar-refractivity contribution in [2.24, 2.45) is 5.41 Å². The molecule has 5 heteroatoms. The van der Waals surface area contributed by atoms with E-state index in [0.29, 0.717) is 13.1 Å². The molecule has 20 heavy (non-hydrogen) atoms. The van der Waals surface area contributed by atoms with Gasteiger partial charge in [0, 0.05) is 13.1 Å². The zero-order chi connectivity index (χ0) is 14.9. The number of anilines is 1. The lowest BCUT2D eigenvalue weighted by Gasteiger charge is -2.27. The van der Waals surface area contributed by atoms with Crippen LogP contribution >= 0.6 is 0 Å². The van der Waals surface area contributed by atoms with Gasteiger partial charge in [0.1, 0.15) is 17.3 Å². The predicted octanol–water partition coefficient (Wildman–Crippen LogP) is 3.68. The first-order chi connectivity index (χ1) is 9.42. The molecule has 1 N–H and O–H groups in total. The van der Waals surface area contributed by atoms with E-state index in [0.717, 1.165) is 31.4 Å². The number of hydrogen-bond acceptors (Lipinski definition) is 2. The molecular formula is C15H19F2NO2. The first-order valence-corrected chi connectivity index (χ1v) is 6.89. The van der Waals surface area contributed by atoms with E-state index in [2.05, 4.69) is 13.8 Å². The van der Waals surface area contributed by atoms with Gasteiger partial charge < -0.3 is 10.0 Å². The molecule has 0 aromatic heterocycles. The molecule has 1 saturated heterocycles. The average Bonchev–Trinajstić information content (AvgIpc) is 2.82. The third kappa shape index (κ3) is 2.49. The molecule has 0 spiro atoms. The lowest BCUT2D eigenvalue weighted by molar-refractivity contribution is 0.0695. The van der Waals surface area contributed by atoms with Crippen molar-refractivity contribution >= 4 is 11.7 Å². The standard InChI is InChI=1S/C15H19F2NO2/c1-3-15(4-2)5-6-18(9-15)13-11(16)7-10(14(19)20)8-12(13)17/h7-8H,3-6,9H2,1-2H3,(H,19,20). The first-order valence-electron chi connectivity index (χ1n) is 6.89. The molecule has 0 unspecified atom stereocenters. The summed E-state index contributed by atoms with van der Waals surface area (Å²) in [5.74, 6) is -2.93. The Kier molecular flexibility index (Phi) is 3.97. The number of carboxylic acids is 1. The highest BCUT2D eigenvalue weighted by atomic mass is 19.1. The molecule has 0 atom stereocenters. The zero-order valence-corrected chi connectivity index (χ0v) is 11.7. The third-order valence-electron chi connectivity index (χ3n) is 4.52. The van der Waals surface area contributed by atoms with Crippen molar-refractivity contribution in [1.82, 2.24) is 0 Å². The summed E-state index contributed by atoms with van der Waals surface area (Å²) in [5, 5.41) is 8.80. The van der Waals surface area contributed by atoms with Crippen LogP contribution in [0.4, 0.5) is 14.5 Å². The second-order valence-electron chi connectivity index (χ2n) is 5.47. The summed E-state index contributed by atoms with van der Waals surface area (Å²) in [6.07, 6.45) is 2.84. The molecule has 2 rings (SSSR count). The normalized spacial score (nSPS) is 17.5. The number of carboxylic acid groups (broad SMARTS) is 1. The van der Waals surface area contributed by atoms with E-state index in [1.54, 1.807) is 4.90 Å². The van der Waals surface area contributed by atoms with E-state index >= 15 is 0 Å². The molecule has 1 heterocycles. The van der Waals surface area contributed by atoms with Crippen LogP contribution in [0.2, 0.25) is 0 Å². The smallest absolute Gasteiger partial charge is 0.335 e. The van der Waals surface area contributed by atoms with Crippen LogP contribution in [0.15, 0.2) is 12.1 Å². The molecule has 0 radical (unpaired) electrons. The number of rotatable bonds is 4. The number of nitrogens with zero attached hydrogens (tertiary/aromatic N) is 1. The quantitative estimate of drug-likeness (QED) is 0.916. The minimum atomic E-state index is -1.33. The summed E-state index contributed by atoms with van der Waals surface area (Å²) in [6, 6.07) is 1.78. The van der Waals surface area contributed by atoms with Gasteiger partial charge in [0.05, 0.1) is 5.56 Å². The summed E-state index contributed by atoms with van der Waals surface area (Å²) < 4.78 is 28.1. The van der Waals surface area contributed by atoms with Crippen LogP contribution in [0.3, 0.4) is 0 Å². The maximum Gasteiger partial charge on any atom is 0.335 e. The van der Waals surface area contributed by atoms with E-state index in [1.165, 1.54) is 0 Å². The number of aromatic carboxylic acids is 1. The maximum atomic E-state index is 14.0. The van der Waals surface area contributed by atoms with Crippen LogP contribution in [0, 0.1) is 17.0 Å². The molecule has 0 saturated carbocycles. The van der Waals surface area contributed by atoms with Gasteiger partial charge in [-0.25, -0.2) is 13.6 Å². The molecular weight excluding hydrogens is 264 g/mol. The molecule has 1 aromatic carbocycles. The van der Waals surface area contributed by atoms with E-state index in [4.69, 9.17) is 5.11 Å². The van der Waals surface area contributed by atoms with Crippen molar-refractivity contribution in [3.05, 3.63) is 29.3 Å². The Morgan fingerprint density at radius 1 is 1.30 bits per heavy atom. The van der Waals surface area contributed by atoms with E-state index in [1.807, 2.05) is 0 Å². The van der Waals surface area contributed by atoms with Crippen molar-refractivity contribution < 1.29 is 18.7 Å². The van der Waals surface area contributed by atoms with Crippen LogP contribution < -0.4 is 4.90 Å². The van der Waals surface area contributed by atoms with E-state index in [-0.39, 0.29) is 16.7 Å². The van der Waals surface area contributed by atoms with Crippen LogP contribution in [-0.4, -0.2) is 24.2 Å². The second-order valence-corrected chi connectivity index (χ2v) is 5.47. The van der Waals surface area contributed by atoms with Crippen molar-refractivity contribution in [2.45, 2.75) is 33.1 Å². The van der Waals surface area contributed by atoms with E-state index < -0.39 is 17.6 Å². The summed E-state index contributed by atoms with van der Waals surface area (Å²) in [6.45, 7) is 5.39. The highest BCUT2D eigenvalue weighted by Gasteiger charge is 2.37. The molecule has 3 nitrogen and oxygen atoms in total. The topological polar surface area (TPSA) is 40.5 Å². The van der Waals surface area contributed by atoms with Crippen molar-refractivity contribution in [1.29, 1.82) is 0 Å². The van der Waals surface area contributed by atoms with Gasteiger partial charge in [0.15, 0.2) is 0 Å². The Labute approximate surface area is 117 Å². The molecule has 1 aliphatic rings. The van der Waals surface area contributed by atoms with Crippen LogP contribution in [-0.2, 0) is 0 Å². The van der Waals surface area contributed by atoms with Gasteiger partial charge in [0.2, 0.25) is 0 Å². The van der Waals surface area contributed by atoms with Crippen molar-refractivity contribution in [2.75, 3.05) is 18.0 Å². The maximum absolute atomic E-state index is 14.0. The highest BCUT2D eigenvalue weighted by Crippen LogP contribution is 2.40. The summed E-state index contributed by atoms with van der Waals surface area (Å²) in [4.78, 5) is 12.5. The van der Waals surface area contributed by atoms with Crippen LogP contribution in [0.5, 0.6) is 0 Å². The largest absolute Gasteiger partial charge is 0.478 e. The number of carbonyl (C=O) groups is 1. The van der Waals surface area contributed by atoms with Gasteiger partial charge in [-0.1, -0.05) is 13.8 Å². The van der Waals surface area contributed by atoms with Crippen LogP contribution in [0.1, 0.15) is 43.5 Å². The van der Waals surface area contributed by atoms with Crippen LogP contribution in [0.25, 0.3) is 0 Å². The van der Waals surface area contributed by atoms with Gasteiger partial charge in [-0.2, -0.15) is 0 Å². The predicted molar refractivity (Wildman–Crippen MR) is 73.2 cm³/mol. The lowest BCUT2D eigenvalue weighted by Crippen LogP contribution is -2.27. The van der Waals surface area contributed by atoms with Gasteiger partial charge in [-0.05, 0) is 36.8 Å². The molecule has 0 aliphatic carbocycles. The first kappa shape index (κ1) is 14.8. The average molecular weight is 283 g/mol. The molecule has 0 bridgehead atoms. The highest BCUT2D eigenvalue weighted by molar-refractivity contribution is 5.88. The fraction of sp³-hybridized carbons (Fsp3) is 0.533. The summed E-state index contributed by atoms with van der Waals surface area (Å²) in [5.41, 5.74) is -0.358. The van der Waals surface area contributed by atoms with Gasteiger partial charge in [0.25, 0.3) is 0 Å². The van der Waals surface area contributed by atoms with Gasteiger partial charge in [-0.15, -0.1) is 0 Å². The van der Waals surface area contributed by atoms with Gasteiger partial charge >= 0.3 is 5.97 Å². The van der Waals surface area contributed by atoms with Gasteiger partial charge in [-0.3, -0.25) is 0 Å². The van der Waals surface area contributed by atoms with Crippen molar-refractivity contribution in [3.8, 4) is 0 Å². The lowest BCUT2D eigenvalue weighted by atomic mass is 9.82. The third-order valence-corrected chi connectivity index (χ3v) is 4.52. The minimum absolute atomic E-state index is 0.0984. The van der Waals surface area contributed by atoms with E-state index in [9.17, 15) is 13.6 Å². The molecule has 1 fully saturated rings. The number of hydrogen-bond donors (Lipinski definition) is 1. The summed E-state index contributed by atoms with van der Waals surface area (Å²) >= 11 is 0. The SMILES string of the molecule is CCC1(CC)CCN(c2c(F)cc(C(=O)O)cc2F)C1. The molecule has 110 valence electrons. The monoisotopic (exact) mass is 283 g/mol. The molecule has 1 aromatic rings. The Morgan fingerprint density at radius 3 is 2.25 bits per heavy atom. The van der Waals surface area contributed by atoms with Crippen molar-refractivity contribution in [3.63, 3.8) is 0 Å². The Bertz CT molecular complexity index is 504. The zero-order valence-electron chi connectivity index (χ0n) is 11.7. The Hall–Kier alpha value is -1.65. The minimum Gasteiger partial charge on any atom is -0.478 e. The molecule has 0 amide bonds. The Morgan fingerprint density at radius 2 is 1.85 bits per heavy atom. The second kappa shape index (κ2) is 5.38.